The minimum atomic E-state index is 0.782. The van der Waals surface area contributed by atoms with E-state index in [4.69, 9.17) is 0 Å². The van der Waals surface area contributed by atoms with Crippen molar-refractivity contribution >= 4 is 34.2 Å². The molecule has 27 heavy (non-hydrogen) atoms. The molecule has 0 aliphatic carbocycles. The van der Waals surface area contributed by atoms with Crippen molar-refractivity contribution in [1.82, 2.24) is 9.97 Å². The van der Waals surface area contributed by atoms with Crippen LogP contribution in [0, 0.1) is 6.92 Å². The Balaban J connectivity index is 1.72. The zero-order chi connectivity index (χ0) is 18.6. The van der Waals surface area contributed by atoms with Crippen LogP contribution in [0.1, 0.15) is 18.2 Å². The van der Waals surface area contributed by atoms with Crippen LogP contribution in [-0.2, 0) is 6.42 Å². The highest BCUT2D eigenvalue weighted by Gasteiger charge is 2.09. The molecule has 0 aliphatic rings. The minimum absolute atomic E-state index is 0.782. The molecular weight excluding hydrogens is 350 g/mol. The first-order valence-corrected chi connectivity index (χ1v) is 9.90. The molecule has 1 N–H and O–H groups in total. The highest BCUT2D eigenvalue weighted by Crippen LogP contribution is 2.36. The van der Waals surface area contributed by atoms with E-state index in [0.717, 1.165) is 34.5 Å². The number of aromatic nitrogens is 2. The van der Waals surface area contributed by atoms with Crippen molar-refractivity contribution in [1.29, 1.82) is 0 Å². The fourth-order valence-corrected chi connectivity index (χ4v) is 3.87. The lowest BCUT2D eigenvalue weighted by atomic mass is 10.2. The lowest BCUT2D eigenvalue weighted by Gasteiger charge is -2.14. The number of anilines is 2. The number of pyridine rings is 2. The van der Waals surface area contributed by atoms with E-state index in [2.05, 4.69) is 83.7 Å². The third-order valence-electron chi connectivity index (χ3n) is 4.40. The van der Waals surface area contributed by atoms with E-state index < -0.39 is 0 Å². The summed E-state index contributed by atoms with van der Waals surface area (Å²) in [5.74, 6) is 0. The summed E-state index contributed by atoms with van der Waals surface area (Å²) in [6.45, 7) is 4.22. The Morgan fingerprint density at radius 2 is 1.78 bits per heavy atom. The monoisotopic (exact) mass is 371 g/mol. The third-order valence-corrected chi connectivity index (χ3v) is 5.48. The van der Waals surface area contributed by atoms with Crippen molar-refractivity contribution in [2.75, 3.05) is 5.32 Å². The molecular formula is C23H21N3S. The molecule has 0 unspecified atom stereocenters. The summed E-state index contributed by atoms with van der Waals surface area (Å²) < 4.78 is 0. The fourth-order valence-electron chi connectivity index (χ4n) is 2.97. The molecule has 2 aromatic heterocycles. The molecule has 0 saturated carbocycles. The smallest absolute Gasteiger partial charge is 0.161 e. The van der Waals surface area contributed by atoms with Gasteiger partial charge in [-0.15, -0.1) is 0 Å². The first-order chi connectivity index (χ1) is 13.2. The van der Waals surface area contributed by atoms with Crippen LogP contribution < -0.4 is 5.32 Å². The SMILES string of the molecule is CCc1ccc2c(Nc3cc(C)ccc3Sc3ccccc3)ccnc2n1. The number of benzene rings is 2. The predicted octanol–water partition coefficient (Wildman–Crippen LogP) is 6.40. The summed E-state index contributed by atoms with van der Waals surface area (Å²) in [7, 11) is 0. The minimum Gasteiger partial charge on any atom is -0.354 e. The van der Waals surface area contributed by atoms with Crippen LogP contribution >= 0.6 is 11.8 Å². The average molecular weight is 372 g/mol. The van der Waals surface area contributed by atoms with Gasteiger partial charge >= 0.3 is 0 Å². The number of nitrogens with zero attached hydrogens (tertiary/aromatic N) is 2. The summed E-state index contributed by atoms with van der Waals surface area (Å²) in [6, 6.07) is 23.1. The van der Waals surface area contributed by atoms with Crippen LogP contribution in [-0.4, -0.2) is 9.97 Å². The van der Waals surface area contributed by atoms with E-state index in [1.54, 1.807) is 11.8 Å². The number of fused-ring (bicyclic) bond motifs is 1. The van der Waals surface area contributed by atoms with Crippen LogP contribution in [0.3, 0.4) is 0 Å². The van der Waals surface area contributed by atoms with Crippen molar-refractivity contribution in [3.8, 4) is 0 Å². The molecule has 4 heteroatoms. The van der Waals surface area contributed by atoms with Gasteiger partial charge in [0.1, 0.15) is 0 Å². The Morgan fingerprint density at radius 1 is 0.926 bits per heavy atom. The zero-order valence-corrected chi connectivity index (χ0v) is 16.3. The maximum Gasteiger partial charge on any atom is 0.161 e. The highest BCUT2D eigenvalue weighted by molar-refractivity contribution is 7.99. The lowest BCUT2D eigenvalue weighted by Crippen LogP contribution is -1.97. The quantitative estimate of drug-likeness (QED) is 0.441. The second-order valence-corrected chi connectivity index (χ2v) is 7.54. The predicted molar refractivity (Wildman–Crippen MR) is 114 cm³/mol. The number of aryl methyl sites for hydroxylation is 2. The molecule has 4 rings (SSSR count). The Hall–Kier alpha value is -2.85. The fraction of sp³-hybridized carbons (Fsp3) is 0.130. The summed E-state index contributed by atoms with van der Waals surface area (Å²) in [5, 5.41) is 4.65. The van der Waals surface area contributed by atoms with Gasteiger partial charge in [0.25, 0.3) is 0 Å². The van der Waals surface area contributed by atoms with Gasteiger partial charge in [0.15, 0.2) is 5.65 Å². The first-order valence-electron chi connectivity index (χ1n) is 9.08. The van der Waals surface area contributed by atoms with Gasteiger partial charge in [-0.05, 0) is 61.4 Å². The Labute approximate surface area is 163 Å². The van der Waals surface area contributed by atoms with Crippen LogP contribution in [0.25, 0.3) is 11.0 Å². The van der Waals surface area contributed by atoms with Gasteiger partial charge in [-0.2, -0.15) is 0 Å². The highest BCUT2D eigenvalue weighted by atomic mass is 32.2. The average Bonchev–Trinajstić information content (AvgIpc) is 2.70. The van der Waals surface area contributed by atoms with Gasteiger partial charge in [-0.25, -0.2) is 9.97 Å². The topological polar surface area (TPSA) is 37.8 Å². The number of hydrogen-bond acceptors (Lipinski definition) is 4. The largest absolute Gasteiger partial charge is 0.354 e. The Bertz CT molecular complexity index is 1080. The first kappa shape index (κ1) is 17.6. The number of hydrogen-bond donors (Lipinski definition) is 1. The summed E-state index contributed by atoms with van der Waals surface area (Å²) in [4.78, 5) is 11.5. The van der Waals surface area contributed by atoms with E-state index in [1.165, 1.54) is 15.4 Å². The molecule has 0 fully saturated rings. The molecule has 0 radical (unpaired) electrons. The molecule has 3 nitrogen and oxygen atoms in total. The molecule has 0 bridgehead atoms. The standard InChI is InChI=1S/C23H21N3S/c1-3-17-10-11-19-20(13-14-24-23(19)25-17)26-21-15-16(2)9-12-22(21)27-18-7-5-4-6-8-18/h4-15H,3H2,1-2H3,(H,24,25,26). The van der Waals surface area contributed by atoms with E-state index in [9.17, 15) is 0 Å². The third kappa shape index (κ3) is 3.96. The summed E-state index contributed by atoms with van der Waals surface area (Å²) >= 11 is 1.76. The normalized spacial score (nSPS) is 10.9. The van der Waals surface area contributed by atoms with E-state index in [0.29, 0.717) is 0 Å². The molecule has 0 atom stereocenters. The number of nitrogens with one attached hydrogen (secondary N) is 1. The molecule has 2 heterocycles. The van der Waals surface area contributed by atoms with Gasteiger partial charge in [0.2, 0.25) is 0 Å². The molecule has 4 aromatic rings. The van der Waals surface area contributed by atoms with Crippen molar-refractivity contribution in [3.63, 3.8) is 0 Å². The van der Waals surface area contributed by atoms with Gasteiger partial charge < -0.3 is 5.32 Å². The second-order valence-electron chi connectivity index (χ2n) is 6.43. The van der Waals surface area contributed by atoms with Crippen LogP contribution in [0.5, 0.6) is 0 Å². The van der Waals surface area contributed by atoms with Gasteiger partial charge in [-0.3, -0.25) is 0 Å². The van der Waals surface area contributed by atoms with Crippen molar-refractivity contribution < 1.29 is 0 Å². The molecule has 0 amide bonds. The zero-order valence-electron chi connectivity index (χ0n) is 15.4. The van der Waals surface area contributed by atoms with Crippen molar-refractivity contribution in [2.45, 2.75) is 30.1 Å². The molecule has 0 saturated heterocycles. The number of rotatable bonds is 5. The van der Waals surface area contributed by atoms with E-state index in [1.807, 2.05) is 18.3 Å². The van der Waals surface area contributed by atoms with Gasteiger partial charge in [0.05, 0.1) is 11.4 Å². The Morgan fingerprint density at radius 3 is 2.59 bits per heavy atom. The van der Waals surface area contributed by atoms with Crippen LogP contribution in [0.15, 0.2) is 82.7 Å². The summed E-state index contributed by atoms with van der Waals surface area (Å²) in [5.41, 5.74) is 5.18. The van der Waals surface area contributed by atoms with Crippen molar-refractivity contribution in [2.24, 2.45) is 0 Å². The maximum atomic E-state index is 4.65. The van der Waals surface area contributed by atoms with Crippen LogP contribution in [0.2, 0.25) is 0 Å². The lowest BCUT2D eigenvalue weighted by molar-refractivity contribution is 1.05. The summed E-state index contributed by atoms with van der Waals surface area (Å²) in [6.07, 6.45) is 2.72. The van der Waals surface area contributed by atoms with Gasteiger partial charge in [0, 0.05) is 27.1 Å². The van der Waals surface area contributed by atoms with E-state index >= 15 is 0 Å². The molecule has 0 aliphatic heterocycles. The van der Waals surface area contributed by atoms with Gasteiger partial charge in [-0.1, -0.05) is 43.0 Å². The second kappa shape index (κ2) is 7.80. The van der Waals surface area contributed by atoms with E-state index in [-0.39, 0.29) is 0 Å². The Kier molecular flexibility index (Phi) is 5.07. The molecule has 2 aromatic carbocycles. The maximum absolute atomic E-state index is 4.65. The molecule has 134 valence electrons. The van der Waals surface area contributed by atoms with Crippen LogP contribution in [0.4, 0.5) is 11.4 Å². The van der Waals surface area contributed by atoms with Crippen molar-refractivity contribution in [3.05, 3.63) is 84.2 Å². The molecule has 0 spiro atoms.